The summed E-state index contributed by atoms with van der Waals surface area (Å²) >= 11 is 1.86. The number of furan rings is 2. The summed E-state index contributed by atoms with van der Waals surface area (Å²) in [5, 5.41) is 22.0. The summed E-state index contributed by atoms with van der Waals surface area (Å²) in [5.74, 6) is 0. The van der Waals surface area contributed by atoms with Gasteiger partial charge in [0.2, 0.25) is 0 Å². The molecule has 126 heavy (non-hydrogen) atoms. The van der Waals surface area contributed by atoms with Crippen molar-refractivity contribution in [2.75, 3.05) is 0 Å². The van der Waals surface area contributed by atoms with Gasteiger partial charge in [0, 0.05) is 139 Å². The molecule has 0 spiro atoms. The fourth-order valence-electron chi connectivity index (χ4n) is 20.8. The van der Waals surface area contributed by atoms with Gasteiger partial charge in [-0.1, -0.05) is 315 Å². The van der Waals surface area contributed by atoms with E-state index in [1.165, 1.54) is 31.3 Å². The number of hydrogen-bond donors (Lipinski definition) is 0. The number of fused-ring (bicyclic) bond motifs is 27. The minimum absolute atomic E-state index is 0.863. The van der Waals surface area contributed by atoms with E-state index < -0.39 is 21.4 Å². The Morgan fingerprint density at radius 3 is 1.10 bits per heavy atom. The second-order valence-electron chi connectivity index (χ2n) is 33.0. The van der Waals surface area contributed by atoms with Gasteiger partial charge in [-0.15, -0.1) is 11.3 Å². The number of nitrogens with zero attached hydrogens (tertiary/aromatic N) is 3. The minimum Gasteiger partial charge on any atom is -0.456 e. The van der Waals surface area contributed by atoms with Crippen molar-refractivity contribution < 1.29 is 22.5 Å². The second-order valence-corrected chi connectivity index (χ2v) is 42.1. The normalized spacial score (nSPS) is 16.0. The molecular weight excluding hydrogens is 1620 g/mol. The summed E-state index contributed by atoms with van der Waals surface area (Å²) in [6.07, 6.45) is 0. The first-order valence-corrected chi connectivity index (χ1v) is 48.4. The van der Waals surface area contributed by atoms with E-state index in [2.05, 4.69) is 275 Å². The summed E-state index contributed by atoms with van der Waals surface area (Å²) in [4.78, 5) is 0. The molecule has 592 valence electrons. The molecule has 0 bridgehead atoms. The molecule has 0 fully saturated rings. The summed E-state index contributed by atoms with van der Waals surface area (Å²) in [7, 11) is -9.08. The summed E-state index contributed by atoms with van der Waals surface area (Å²) in [6.45, 7) is 0. The van der Waals surface area contributed by atoms with E-state index in [0.717, 1.165) is 207 Å². The molecule has 3 unspecified atom stereocenters. The van der Waals surface area contributed by atoms with Crippen LogP contribution in [0.3, 0.4) is 0 Å². The van der Waals surface area contributed by atoms with Gasteiger partial charge < -0.3 is 36.2 Å². The Bertz CT molecular complexity index is 9110. The molecule has 3 atom stereocenters. The number of para-hydroxylation sites is 6. The first-order valence-electron chi connectivity index (χ1n) is 42.5. The van der Waals surface area contributed by atoms with Gasteiger partial charge >= 0.3 is 0 Å². The SMILES string of the molecule is O=P1(c2ccccc2)c2ccccc2-c2cc3c(cc21)c1ccccc1n3-c1ccc(-c2cccc3c2sc2ccccc23)cc1.O=P1(c2ccccc2)c2ccccc2-c2cc3c(cc21)c1ccccc1n3-c1ccc2c(c1)oc1ccccc12.O=P1(c2ccccc2)c2ccccc2-c2cc3c(cc21)c1ccccc1n3-c1cccc2c1oc1ccccc12. The van der Waals surface area contributed by atoms with Crippen LogP contribution in [-0.4, -0.2) is 13.7 Å². The lowest BCUT2D eigenvalue weighted by Gasteiger charge is -2.16. The smallest absolute Gasteiger partial charge is 0.172 e. The molecule has 0 saturated heterocycles. The van der Waals surface area contributed by atoms with Crippen molar-refractivity contribution in [3.8, 4) is 61.6 Å². The van der Waals surface area contributed by atoms with Crippen molar-refractivity contribution in [1.82, 2.24) is 13.7 Å². The van der Waals surface area contributed by atoms with Crippen LogP contribution in [0.4, 0.5) is 0 Å². The molecule has 25 aromatic rings. The molecule has 8 nitrogen and oxygen atoms in total. The Kier molecular flexibility index (Phi) is 16.0. The first kappa shape index (κ1) is 72.7. The molecule has 3 aliphatic rings. The van der Waals surface area contributed by atoms with Crippen LogP contribution in [0, 0.1) is 0 Å². The zero-order valence-electron chi connectivity index (χ0n) is 67.5. The largest absolute Gasteiger partial charge is 0.456 e. The van der Waals surface area contributed by atoms with Crippen molar-refractivity contribution in [2.24, 2.45) is 0 Å². The first-order chi connectivity index (χ1) is 62.1. The minimum atomic E-state index is -3.03. The predicted octanol–water partition coefficient (Wildman–Crippen LogP) is 27.0. The Hall–Kier alpha value is -14.9. The highest BCUT2D eigenvalue weighted by atomic mass is 32.1. The van der Waals surface area contributed by atoms with Gasteiger partial charge in [-0.3, -0.25) is 0 Å². The Balaban J connectivity index is 0.000000101. The fourth-order valence-corrected chi connectivity index (χ4v) is 31.3. The van der Waals surface area contributed by atoms with Gasteiger partial charge in [0.15, 0.2) is 27.0 Å². The number of hydrogen-bond acceptors (Lipinski definition) is 6. The molecular formula is C114H70N3O5P3S. The van der Waals surface area contributed by atoms with E-state index in [0.29, 0.717) is 0 Å². The van der Waals surface area contributed by atoms with E-state index >= 15 is 13.7 Å². The predicted molar refractivity (Wildman–Crippen MR) is 530 cm³/mol. The molecule has 0 saturated carbocycles. The monoisotopic (exact) mass is 1690 g/mol. The molecule has 0 aliphatic carbocycles. The highest BCUT2D eigenvalue weighted by Crippen LogP contribution is 2.58. The lowest BCUT2D eigenvalue weighted by atomic mass is 10.0. The zero-order valence-corrected chi connectivity index (χ0v) is 71.0. The van der Waals surface area contributed by atoms with Crippen LogP contribution in [0.2, 0.25) is 0 Å². The van der Waals surface area contributed by atoms with Crippen LogP contribution < -0.4 is 47.7 Å². The molecule has 3 aliphatic heterocycles. The average Bonchev–Trinajstić information content (AvgIpc) is 1.56. The quantitative estimate of drug-likeness (QED) is 0.148. The zero-order chi connectivity index (χ0) is 83.3. The highest BCUT2D eigenvalue weighted by Gasteiger charge is 2.44. The maximum Gasteiger partial charge on any atom is 0.172 e. The van der Waals surface area contributed by atoms with E-state index in [1.807, 2.05) is 175 Å². The third-order valence-corrected chi connectivity index (χ3v) is 37.1. The van der Waals surface area contributed by atoms with Crippen molar-refractivity contribution in [3.63, 3.8) is 0 Å². The third kappa shape index (κ3) is 10.5. The van der Waals surface area contributed by atoms with Crippen LogP contribution in [-0.2, 0) is 13.7 Å². The molecule has 9 heterocycles. The van der Waals surface area contributed by atoms with Gasteiger partial charge in [-0.25, -0.2) is 0 Å². The summed E-state index contributed by atoms with van der Waals surface area (Å²) in [6, 6.07) is 147. The number of aromatic nitrogens is 3. The van der Waals surface area contributed by atoms with Crippen molar-refractivity contribution in [1.29, 1.82) is 0 Å². The number of thiophene rings is 1. The maximum atomic E-state index is 15.2. The third-order valence-electron chi connectivity index (χ3n) is 26.4. The van der Waals surface area contributed by atoms with Crippen LogP contribution in [0.15, 0.2) is 433 Å². The van der Waals surface area contributed by atoms with Gasteiger partial charge in [0.05, 0.1) is 38.8 Å². The second kappa shape index (κ2) is 27.8. The molecule has 0 N–H and O–H groups in total. The van der Waals surface area contributed by atoms with E-state index in [4.69, 9.17) is 8.83 Å². The van der Waals surface area contributed by atoms with Gasteiger partial charge in [-0.2, -0.15) is 0 Å². The number of benzene rings is 19. The molecule has 12 heteroatoms. The van der Waals surface area contributed by atoms with Crippen molar-refractivity contribution in [3.05, 3.63) is 425 Å². The lowest BCUT2D eigenvalue weighted by molar-refractivity contribution is 0.592. The van der Waals surface area contributed by atoms with Gasteiger partial charge in [0.1, 0.15) is 16.7 Å². The number of rotatable bonds is 7. The average molecular weight is 1690 g/mol. The topological polar surface area (TPSA) is 92.3 Å². The van der Waals surface area contributed by atoms with Crippen LogP contribution >= 0.6 is 32.8 Å². The lowest BCUT2D eigenvalue weighted by Crippen LogP contribution is -2.20. The Morgan fingerprint density at radius 1 is 0.214 bits per heavy atom. The van der Waals surface area contributed by atoms with Gasteiger partial charge in [-0.05, 0) is 148 Å². The van der Waals surface area contributed by atoms with E-state index in [-0.39, 0.29) is 0 Å². The maximum absolute atomic E-state index is 15.2. The van der Waals surface area contributed by atoms with Crippen LogP contribution in [0.1, 0.15) is 0 Å². The van der Waals surface area contributed by atoms with Crippen LogP contribution in [0.5, 0.6) is 0 Å². The Labute approximate surface area is 727 Å². The summed E-state index contributed by atoms with van der Waals surface area (Å²) in [5.41, 5.74) is 22.1. The molecule has 0 amide bonds. The molecule has 0 radical (unpaired) electrons. The standard InChI is InChI=1S/C42H26NOPS.2C36H22NO2P/c44-45(29-11-2-1-3-12-29)39-19-8-5-14-32(39)36-25-38-35(26-40(36)45)31-13-4-7-18-37(31)43(38)28-23-21-27(22-24-28)30-16-10-17-34-33-15-6-9-20-41(33)46-42(30)34;38-40(23-11-2-1-3-12-23)34-20-9-6-15-26(34)29-21-32-28(22-35(29)40)24-13-4-7-17-30(24)37(32)31-18-10-16-27-25-14-5-8-19-33(25)39-36(27)31;38-40(24-10-2-1-3-11-24)35-17-9-6-14-28(35)30-21-32-29(22-36(30)40)25-12-4-7-15-31(25)37(32)23-18-19-27-26-13-5-8-16-33(26)39-34(27)20-23/h1-26H;2*1-22H. The fraction of sp³-hybridized carbons (Fsp3) is 0. The molecule has 6 aromatic heterocycles. The molecule has 19 aromatic carbocycles. The highest BCUT2D eigenvalue weighted by molar-refractivity contribution is 7.87. The van der Waals surface area contributed by atoms with Crippen LogP contribution in [0.25, 0.3) is 191 Å². The summed E-state index contributed by atoms with van der Waals surface area (Å²) < 4.78 is 67.9. The van der Waals surface area contributed by atoms with Gasteiger partial charge in [0.25, 0.3) is 0 Å². The van der Waals surface area contributed by atoms with Crippen molar-refractivity contribution in [2.45, 2.75) is 0 Å². The van der Waals surface area contributed by atoms with Crippen molar-refractivity contribution >= 4 is 210 Å². The van der Waals surface area contributed by atoms with E-state index in [9.17, 15) is 0 Å². The molecule has 28 rings (SSSR count). The van der Waals surface area contributed by atoms with E-state index in [1.54, 1.807) is 0 Å². The Morgan fingerprint density at radius 2 is 0.579 bits per heavy atom.